The number of nitrogens with zero attached hydrogens (tertiary/aromatic N) is 4. The van der Waals surface area contributed by atoms with Crippen molar-refractivity contribution in [3.8, 4) is 56.0 Å². The maximum atomic E-state index is 7.11. The SMILES string of the molecule is CC(C)(C)c1cc(C(C)(C)C)c2c3c1-c1ccc(cc1)CCc1ccc(cc1)-c1c(C(C)(C)C)cc(C(C)(C)C)c(c1N1[C]4=[Pt]=[C]5N(c6cccc(c6)Oc6cccc(c6)N4c4ccccc41)c1ccccc1N53)-c1ccc(cc1)CCc1ccc-2cc1. The van der Waals surface area contributed by atoms with E-state index < -0.39 is 17.6 Å². The van der Waals surface area contributed by atoms with E-state index in [2.05, 4.69) is 309 Å². The summed E-state index contributed by atoms with van der Waals surface area (Å²) >= 11 is -1.34. The Bertz CT molecular complexity index is 4080. The minimum absolute atomic E-state index is 0.261. The van der Waals surface area contributed by atoms with Gasteiger partial charge in [0.2, 0.25) is 0 Å². The molecule has 10 aromatic rings. The van der Waals surface area contributed by atoms with Gasteiger partial charge in [0.05, 0.1) is 0 Å². The summed E-state index contributed by atoms with van der Waals surface area (Å²) in [5, 5.41) is 0. The van der Waals surface area contributed by atoms with E-state index in [1.54, 1.807) is 0 Å². The van der Waals surface area contributed by atoms with E-state index in [1.165, 1.54) is 109 Å². The first-order valence-corrected chi connectivity index (χ1v) is 33.8. The molecule has 0 spiro atoms. The van der Waals surface area contributed by atoms with Crippen molar-refractivity contribution >= 4 is 53.8 Å². The maximum absolute atomic E-state index is 7.11. The molecule has 0 saturated heterocycles. The molecule has 0 fully saturated rings. The van der Waals surface area contributed by atoms with Crippen molar-refractivity contribution in [2.75, 3.05) is 19.6 Å². The van der Waals surface area contributed by atoms with E-state index in [4.69, 9.17) is 4.74 Å². The third kappa shape index (κ3) is 9.45. The first kappa shape index (κ1) is 56.2. The van der Waals surface area contributed by atoms with Gasteiger partial charge in [0.25, 0.3) is 0 Å². The minimum atomic E-state index is -1.34. The zero-order valence-electron chi connectivity index (χ0n) is 53.0. The third-order valence-electron chi connectivity index (χ3n) is 18.6. The zero-order valence-corrected chi connectivity index (χ0v) is 55.2. The second kappa shape index (κ2) is 20.6. The summed E-state index contributed by atoms with van der Waals surface area (Å²) in [5.41, 5.74) is 28.6. The van der Waals surface area contributed by atoms with Crippen LogP contribution >= 0.6 is 0 Å². The molecule has 5 nitrogen and oxygen atoms in total. The van der Waals surface area contributed by atoms with Gasteiger partial charge in [-0.3, -0.25) is 0 Å². The van der Waals surface area contributed by atoms with E-state index >= 15 is 0 Å². The summed E-state index contributed by atoms with van der Waals surface area (Å²) in [4.78, 5) is 10.8. The molecule has 6 heteroatoms. The predicted molar refractivity (Wildman–Crippen MR) is 369 cm³/mol. The summed E-state index contributed by atoms with van der Waals surface area (Å²) in [6, 6.07) is 80.2. The van der Waals surface area contributed by atoms with Crippen molar-refractivity contribution in [1.82, 2.24) is 0 Å². The van der Waals surface area contributed by atoms with Crippen molar-refractivity contribution in [1.29, 1.82) is 0 Å². The van der Waals surface area contributed by atoms with Crippen molar-refractivity contribution in [2.45, 2.75) is 130 Å². The first-order valence-electron chi connectivity index (χ1n) is 31.6. The van der Waals surface area contributed by atoms with Gasteiger partial charge in [-0.1, -0.05) is 0 Å². The molecule has 0 saturated carbocycles. The molecule has 16 bridgehead atoms. The van der Waals surface area contributed by atoms with E-state index in [-0.39, 0.29) is 21.7 Å². The number of ether oxygens (including phenoxy) is 1. The van der Waals surface area contributed by atoms with Gasteiger partial charge in [0.15, 0.2) is 0 Å². The van der Waals surface area contributed by atoms with Gasteiger partial charge in [-0.05, 0) is 0 Å². The van der Waals surface area contributed by atoms with Gasteiger partial charge in [-0.25, -0.2) is 0 Å². The van der Waals surface area contributed by atoms with Crippen molar-refractivity contribution < 1.29 is 22.4 Å². The van der Waals surface area contributed by atoms with Crippen LogP contribution in [-0.4, -0.2) is 8.29 Å². The Labute approximate surface area is 529 Å². The summed E-state index contributed by atoms with van der Waals surface area (Å²) in [6.07, 6.45) is 3.71. The van der Waals surface area contributed by atoms with Gasteiger partial charge >= 0.3 is 533 Å². The second-order valence-electron chi connectivity index (χ2n) is 28.9. The molecule has 0 unspecified atom stereocenters. The van der Waals surface area contributed by atoms with Crippen LogP contribution in [0, 0.1) is 0 Å². The first-order chi connectivity index (χ1) is 42.2. The fourth-order valence-corrected chi connectivity index (χ4v) is 17.8. The molecule has 442 valence electrons. The number of anilines is 8. The van der Waals surface area contributed by atoms with Crippen LogP contribution in [0.1, 0.15) is 128 Å². The van der Waals surface area contributed by atoms with Gasteiger partial charge in [-0.2, -0.15) is 0 Å². The van der Waals surface area contributed by atoms with Gasteiger partial charge in [-0.15, -0.1) is 0 Å². The Kier molecular flexibility index (Phi) is 13.2. The zero-order chi connectivity index (χ0) is 60.8. The average molecular weight is 1330 g/mol. The Morgan fingerprint density at radius 3 is 0.841 bits per heavy atom. The van der Waals surface area contributed by atoms with Gasteiger partial charge in [0.1, 0.15) is 0 Å². The van der Waals surface area contributed by atoms with E-state index in [0.29, 0.717) is 0 Å². The molecule has 0 aliphatic carbocycles. The normalized spacial score (nSPS) is 15.1. The van der Waals surface area contributed by atoms with Crippen molar-refractivity contribution in [3.05, 3.63) is 251 Å². The molecule has 0 aromatic heterocycles. The fraction of sp³-hybridized carbons (Fsp3) is 0.244. The Hall–Kier alpha value is -8.37. The van der Waals surface area contributed by atoms with Crippen LogP contribution in [0.15, 0.2) is 206 Å². The van der Waals surface area contributed by atoms with E-state index in [1.807, 2.05) is 0 Å². The molecule has 9 heterocycles. The quantitative estimate of drug-likeness (QED) is 0.150. The predicted octanol–water partition coefficient (Wildman–Crippen LogP) is 21.4. The fourth-order valence-electron chi connectivity index (χ4n) is 14.1. The van der Waals surface area contributed by atoms with Crippen molar-refractivity contribution in [3.63, 3.8) is 0 Å². The second-order valence-corrected chi connectivity index (χ2v) is 31.5. The van der Waals surface area contributed by atoms with Crippen LogP contribution in [-0.2, 0) is 65.0 Å². The van der Waals surface area contributed by atoms with Crippen LogP contribution in [0.25, 0.3) is 44.5 Å². The molecule has 88 heavy (non-hydrogen) atoms. The van der Waals surface area contributed by atoms with Crippen LogP contribution in [0.3, 0.4) is 0 Å². The van der Waals surface area contributed by atoms with Crippen molar-refractivity contribution in [2.24, 2.45) is 0 Å². The molecule has 19 rings (SSSR count). The van der Waals surface area contributed by atoms with Crippen LogP contribution < -0.4 is 24.3 Å². The molecule has 0 N–H and O–H groups in total. The third-order valence-corrected chi connectivity index (χ3v) is 21.6. The molecule has 9 aliphatic rings. The van der Waals surface area contributed by atoms with E-state index in [0.717, 1.165) is 71.3 Å². The van der Waals surface area contributed by atoms with Gasteiger partial charge < -0.3 is 0 Å². The van der Waals surface area contributed by atoms with Crippen LogP contribution in [0.4, 0.5) is 45.5 Å². The van der Waals surface area contributed by atoms with Crippen LogP contribution in [0.5, 0.6) is 11.5 Å². The molecule has 0 atom stereocenters. The van der Waals surface area contributed by atoms with Gasteiger partial charge in [0, 0.05) is 0 Å². The van der Waals surface area contributed by atoms with Crippen LogP contribution in [0.2, 0.25) is 0 Å². The Morgan fingerprint density at radius 2 is 0.568 bits per heavy atom. The number of para-hydroxylation sites is 4. The molecule has 0 radical (unpaired) electrons. The summed E-state index contributed by atoms with van der Waals surface area (Å²) in [6.45, 7) is 29.1. The molecule has 0 amide bonds. The standard InChI is InChI=1S/C82H78N4O.Pt/c1-79(2,3)65-49-66(80(4,5)6)74-58-41-33-54(34-42-58)29-30-56-37-45-60(46-38-56)76-68(82(10,11)12)50-67(81(7,8)9)75-59-43-35-55(36-44-59)28-27-53-31-39-57(40-32-53)73(65)77(74)85-51-83(69-23-13-15-25-71(69)85)61-19-17-21-63(47-61)87-64-22-18-20-62(48-64)84-52-86(78(75)76)72-26-16-14-24-70(72)84;/h13-26,31-50H,27-30H2,1-12H3;. The number of aryl methyl sites for hydroxylation is 4. The summed E-state index contributed by atoms with van der Waals surface area (Å²) in [5.74, 6) is 1.58. The number of hydrogen-bond donors (Lipinski definition) is 0. The Morgan fingerprint density at radius 1 is 0.295 bits per heavy atom. The average Bonchev–Trinajstić information content (AvgIpc) is 1.41. The molecular formula is C82H78N4OPt. The molecule has 10 aromatic carbocycles. The number of fused-ring (bicyclic) bond motifs is 14. The summed E-state index contributed by atoms with van der Waals surface area (Å²) < 4.78 is 9.56. The molecular weight excluding hydrogens is 1250 g/mol. The number of benzene rings is 10. The topological polar surface area (TPSA) is 22.2 Å². The summed E-state index contributed by atoms with van der Waals surface area (Å²) in [7, 11) is 0. The number of rotatable bonds is 0. The van der Waals surface area contributed by atoms with E-state index in [9.17, 15) is 0 Å². The Balaban J connectivity index is 1.25. The monoisotopic (exact) mass is 1330 g/mol. The number of hydrogen-bond acceptors (Lipinski definition) is 5. The molecule has 9 aliphatic heterocycles.